The summed E-state index contributed by atoms with van der Waals surface area (Å²) in [5, 5.41) is 0. The van der Waals surface area contributed by atoms with Crippen LogP contribution in [0, 0.1) is 0 Å². The van der Waals surface area contributed by atoms with E-state index in [0.717, 1.165) is 12.8 Å². The molecule has 0 saturated heterocycles. The number of hydrogen-bond donors (Lipinski definition) is 0. The molecule has 0 fully saturated rings. The van der Waals surface area contributed by atoms with Crippen LogP contribution < -0.4 is 0 Å². The molecule has 0 atom stereocenters. The second-order valence-electron chi connectivity index (χ2n) is 6.40. The van der Waals surface area contributed by atoms with Crippen molar-refractivity contribution in [2.75, 3.05) is 6.54 Å². The van der Waals surface area contributed by atoms with Gasteiger partial charge in [-0.15, -0.1) is 0 Å². The highest BCUT2D eigenvalue weighted by atomic mass is 28.4. The van der Waals surface area contributed by atoms with E-state index in [4.69, 9.17) is 4.43 Å². The van der Waals surface area contributed by atoms with Gasteiger partial charge in [-0.2, -0.15) is 0 Å². The molecule has 0 bridgehead atoms. The predicted molar refractivity (Wildman–Crippen MR) is 79.4 cm³/mol. The zero-order valence-corrected chi connectivity index (χ0v) is 14.5. The van der Waals surface area contributed by atoms with Crippen molar-refractivity contribution >= 4 is 28.9 Å². The Morgan fingerprint density at radius 1 is 1.11 bits per heavy atom. The number of nitrogens with zero attached hydrogens (tertiary/aromatic N) is 1. The molecule has 0 aliphatic rings. The molecule has 0 aromatic carbocycles. The molecule has 4 nitrogen and oxygen atoms in total. The minimum atomic E-state index is -1.85. The molecule has 6 heteroatoms. The Kier molecular flexibility index (Phi) is 6.84. The van der Waals surface area contributed by atoms with Crippen LogP contribution >= 0.6 is 0 Å². The van der Waals surface area contributed by atoms with Gasteiger partial charge >= 0.3 is 6.09 Å². The van der Waals surface area contributed by atoms with E-state index in [1.54, 1.807) is 0 Å². The first kappa shape index (κ1) is 17.4. The van der Waals surface area contributed by atoms with Crippen molar-refractivity contribution in [1.82, 2.24) is 4.57 Å². The second kappa shape index (κ2) is 7.08. The minimum absolute atomic E-state index is 0.177. The largest absolute Gasteiger partial charge is 0.505 e. The molecule has 0 rings (SSSR count). The molecule has 0 aromatic rings. The molecule has 105 valence electrons. The second-order valence-corrected chi connectivity index (χ2v) is 15.7. The van der Waals surface area contributed by atoms with Crippen LogP contribution in [-0.4, -0.2) is 40.0 Å². The summed E-state index contributed by atoms with van der Waals surface area (Å²) in [4.78, 5) is 22.3. The number of carbonyl (C=O) groups excluding carboxylic acids is 2. The lowest BCUT2D eigenvalue weighted by Crippen LogP contribution is -2.52. The van der Waals surface area contributed by atoms with E-state index in [2.05, 4.69) is 19.6 Å². The van der Waals surface area contributed by atoms with Crippen LogP contribution in [0.1, 0.15) is 19.3 Å². The standard InChI is InChI=1S/C12H26NO3Si2/c1-17(2,3)13(10-8-7-9-11-14)12(15)16-18(4,5)6/h7-10H2,1-6H3. The first-order valence-corrected chi connectivity index (χ1v) is 13.3. The average Bonchev–Trinajstić information content (AvgIpc) is 2.12. The summed E-state index contributed by atoms with van der Waals surface area (Å²) in [6.45, 7) is 13.1. The van der Waals surface area contributed by atoms with Gasteiger partial charge in [-0.25, -0.2) is 4.79 Å². The van der Waals surface area contributed by atoms with E-state index in [-0.39, 0.29) is 6.09 Å². The summed E-state index contributed by atoms with van der Waals surface area (Å²) in [7, 11) is -3.57. The first-order valence-electron chi connectivity index (χ1n) is 6.43. The van der Waals surface area contributed by atoms with Gasteiger partial charge in [0.1, 0.15) is 0 Å². The number of carbonyl (C=O) groups is 1. The molecule has 1 amide bonds. The lowest BCUT2D eigenvalue weighted by atomic mass is 10.2. The molecular formula is C12H26NO3Si2. The highest BCUT2D eigenvalue weighted by Gasteiger charge is 2.32. The lowest BCUT2D eigenvalue weighted by Gasteiger charge is -2.35. The Balaban J connectivity index is 4.50. The van der Waals surface area contributed by atoms with Crippen molar-refractivity contribution in [1.29, 1.82) is 0 Å². The Hall–Kier alpha value is -0.626. The summed E-state index contributed by atoms with van der Waals surface area (Å²) >= 11 is 0. The quantitative estimate of drug-likeness (QED) is 0.533. The van der Waals surface area contributed by atoms with Crippen LogP contribution in [0.3, 0.4) is 0 Å². The molecule has 18 heavy (non-hydrogen) atoms. The Bertz CT molecular complexity index is 282. The average molecular weight is 289 g/mol. The van der Waals surface area contributed by atoms with Gasteiger partial charge in [0.25, 0.3) is 0 Å². The summed E-state index contributed by atoms with van der Waals surface area (Å²) in [6, 6.07) is 0. The molecule has 0 heterocycles. The van der Waals surface area contributed by atoms with E-state index in [1.165, 1.54) is 0 Å². The summed E-state index contributed by atoms with van der Waals surface area (Å²) in [5.74, 6) is 0. The van der Waals surface area contributed by atoms with Crippen LogP contribution in [0.15, 0.2) is 0 Å². The molecule has 0 saturated carbocycles. The zero-order valence-electron chi connectivity index (χ0n) is 12.5. The van der Waals surface area contributed by atoms with E-state index < -0.39 is 16.6 Å². The molecule has 0 unspecified atom stereocenters. The topological polar surface area (TPSA) is 46.6 Å². The maximum absolute atomic E-state index is 12.2. The van der Waals surface area contributed by atoms with E-state index >= 15 is 0 Å². The maximum Gasteiger partial charge on any atom is 0.388 e. The monoisotopic (exact) mass is 288 g/mol. The van der Waals surface area contributed by atoms with Gasteiger partial charge in [-0.05, 0) is 32.5 Å². The van der Waals surface area contributed by atoms with Crippen molar-refractivity contribution in [3.8, 4) is 0 Å². The van der Waals surface area contributed by atoms with Crippen LogP contribution in [-0.2, 0) is 9.22 Å². The van der Waals surface area contributed by atoms with Crippen LogP contribution in [0.25, 0.3) is 0 Å². The number of rotatable bonds is 7. The fourth-order valence-corrected chi connectivity index (χ4v) is 3.63. The third kappa shape index (κ3) is 7.65. The van der Waals surface area contributed by atoms with Gasteiger partial charge in [0.15, 0.2) is 14.5 Å². The summed E-state index contributed by atoms with van der Waals surface area (Å²) < 4.78 is 7.45. The molecule has 0 spiro atoms. The van der Waals surface area contributed by atoms with Crippen molar-refractivity contribution in [2.45, 2.75) is 58.5 Å². The first-order chi connectivity index (χ1) is 8.08. The Morgan fingerprint density at radius 2 is 1.67 bits per heavy atom. The van der Waals surface area contributed by atoms with Gasteiger partial charge in [0.05, 0.1) is 0 Å². The van der Waals surface area contributed by atoms with Crippen LogP contribution in [0.5, 0.6) is 0 Å². The van der Waals surface area contributed by atoms with Gasteiger partial charge < -0.3 is 8.99 Å². The number of unbranched alkanes of at least 4 members (excludes halogenated alkanes) is 2. The normalized spacial score (nSPS) is 12.1. The molecule has 0 aromatic heterocycles. The highest BCUT2D eigenvalue weighted by molar-refractivity contribution is 6.76. The van der Waals surface area contributed by atoms with E-state index in [9.17, 15) is 9.59 Å². The van der Waals surface area contributed by atoms with Gasteiger partial charge in [-0.1, -0.05) is 19.6 Å². The fourth-order valence-electron chi connectivity index (χ4n) is 1.48. The molecule has 0 N–H and O–H groups in total. The number of amides is 1. The fraction of sp³-hybridized carbons (Fsp3) is 0.833. The van der Waals surface area contributed by atoms with Crippen LogP contribution in [0.2, 0.25) is 39.3 Å². The third-order valence-corrected chi connectivity index (χ3v) is 5.15. The Morgan fingerprint density at radius 3 is 2.06 bits per heavy atom. The summed E-state index contributed by atoms with van der Waals surface area (Å²) in [5.41, 5.74) is 0. The number of hydrogen-bond acceptors (Lipinski definition) is 3. The van der Waals surface area contributed by atoms with Crippen molar-refractivity contribution in [2.24, 2.45) is 0 Å². The van der Waals surface area contributed by atoms with Crippen molar-refractivity contribution < 1.29 is 14.0 Å². The minimum Gasteiger partial charge on any atom is -0.505 e. The van der Waals surface area contributed by atoms with Crippen LogP contribution in [0.4, 0.5) is 4.79 Å². The maximum atomic E-state index is 12.2. The van der Waals surface area contributed by atoms with Crippen molar-refractivity contribution in [3.05, 3.63) is 0 Å². The SMILES string of the molecule is C[Si](C)(C)OC(=O)N(CCCC[C]=O)[Si](C)(C)C. The molecule has 0 aliphatic carbocycles. The smallest absolute Gasteiger partial charge is 0.388 e. The molecular weight excluding hydrogens is 262 g/mol. The molecule has 0 aliphatic heterocycles. The van der Waals surface area contributed by atoms with Gasteiger partial charge in [0, 0.05) is 13.0 Å². The Labute approximate surface area is 113 Å². The predicted octanol–water partition coefficient (Wildman–Crippen LogP) is 3.37. The highest BCUT2D eigenvalue weighted by Crippen LogP contribution is 2.15. The van der Waals surface area contributed by atoms with Crippen molar-refractivity contribution in [3.63, 3.8) is 0 Å². The third-order valence-electron chi connectivity index (χ3n) is 2.33. The lowest BCUT2D eigenvalue weighted by molar-refractivity contribution is 0.174. The zero-order chi connectivity index (χ0) is 14.4. The summed E-state index contributed by atoms with van der Waals surface area (Å²) in [6.07, 6.45) is 3.77. The van der Waals surface area contributed by atoms with E-state index in [1.807, 2.05) is 30.5 Å². The van der Waals surface area contributed by atoms with Gasteiger partial charge in [0.2, 0.25) is 8.32 Å². The van der Waals surface area contributed by atoms with Gasteiger partial charge in [-0.3, -0.25) is 4.79 Å². The molecule has 1 radical (unpaired) electrons. The van der Waals surface area contributed by atoms with E-state index in [0.29, 0.717) is 13.0 Å².